The van der Waals surface area contributed by atoms with Crippen LogP contribution in [0.3, 0.4) is 0 Å². The summed E-state index contributed by atoms with van der Waals surface area (Å²) in [7, 11) is 0. The Morgan fingerprint density at radius 2 is 1.97 bits per heavy atom. The fourth-order valence-corrected chi connectivity index (χ4v) is 3.58. The molecular formula is C21H20ClFN4O2. The van der Waals surface area contributed by atoms with Crippen molar-refractivity contribution in [1.29, 1.82) is 0 Å². The Hall–Kier alpha value is -2.77. The van der Waals surface area contributed by atoms with Crippen molar-refractivity contribution in [2.45, 2.75) is 13.0 Å². The number of hydrogen-bond acceptors (Lipinski definition) is 5. The number of rotatable bonds is 4. The van der Waals surface area contributed by atoms with E-state index in [1.807, 2.05) is 4.90 Å². The van der Waals surface area contributed by atoms with Gasteiger partial charge in [-0.3, -0.25) is 9.69 Å². The van der Waals surface area contributed by atoms with E-state index in [-0.39, 0.29) is 11.7 Å². The van der Waals surface area contributed by atoms with E-state index in [4.69, 9.17) is 16.1 Å². The molecule has 0 N–H and O–H groups in total. The zero-order valence-electron chi connectivity index (χ0n) is 15.7. The minimum atomic E-state index is -0.342. The van der Waals surface area contributed by atoms with Crippen LogP contribution in [0, 0.1) is 5.82 Å². The molecule has 150 valence electrons. The SMILES string of the molecule is O=C(c1cccc(Cl)c1)N1CCCN(Cc2nc(-c3cccc(F)c3)no2)CC1. The molecule has 1 aliphatic rings. The quantitative estimate of drug-likeness (QED) is 0.648. The van der Waals surface area contributed by atoms with Gasteiger partial charge < -0.3 is 9.42 Å². The number of halogens is 2. The first-order chi connectivity index (χ1) is 14.1. The molecule has 29 heavy (non-hydrogen) atoms. The van der Waals surface area contributed by atoms with Gasteiger partial charge in [0, 0.05) is 42.3 Å². The number of benzene rings is 2. The molecule has 1 aromatic heterocycles. The van der Waals surface area contributed by atoms with E-state index in [1.165, 1.54) is 12.1 Å². The third kappa shape index (κ3) is 4.81. The minimum Gasteiger partial charge on any atom is -0.338 e. The average Bonchev–Trinajstić information content (AvgIpc) is 3.06. The molecule has 1 saturated heterocycles. The number of amides is 1. The number of carbonyl (C=O) groups excluding carboxylic acids is 1. The summed E-state index contributed by atoms with van der Waals surface area (Å²) in [5.41, 5.74) is 1.18. The molecule has 1 aliphatic heterocycles. The van der Waals surface area contributed by atoms with Gasteiger partial charge in [0.2, 0.25) is 11.7 Å². The van der Waals surface area contributed by atoms with Gasteiger partial charge in [0.1, 0.15) is 5.82 Å². The minimum absolute atomic E-state index is 0.0134. The van der Waals surface area contributed by atoms with E-state index in [0.29, 0.717) is 54.0 Å². The first-order valence-corrected chi connectivity index (χ1v) is 9.82. The van der Waals surface area contributed by atoms with E-state index >= 15 is 0 Å². The molecule has 0 bridgehead atoms. The molecule has 0 unspecified atom stereocenters. The highest BCUT2D eigenvalue weighted by Gasteiger charge is 2.22. The Balaban J connectivity index is 1.37. The van der Waals surface area contributed by atoms with Gasteiger partial charge in [0.25, 0.3) is 5.91 Å². The van der Waals surface area contributed by atoms with Gasteiger partial charge in [0.15, 0.2) is 0 Å². The van der Waals surface area contributed by atoms with Crippen molar-refractivity contribution in [3.05, 3.63) is 70.8 Å². The van der Waals surface area contributed by atoms with E-state index in [1.54, 1.807) is 36.4 Å². The smallest absolute Gasteiger partial charge is 0.253 e. The molecular weight excluding hydrogens is 395 g/mol. The summed E-state index contributed by atoms with van der Waals surface area (Å²) in [6, 6.07) is 13.1. The average molecular weight is 415 g/mol. The maximum atomic E-state index is 13.4. The van der Waals surface area contributed by atoms with Gasteiger partial charge in [-0.25, -0.2) is 4.39 Å². The van der Waals surface area contributed by atoms with Gasteiger partial charge in [-0.2, -0.15) is 4.98 Å². The lowest BCUT2D eigenvalue weighted by atomic mass is 10.2. The summed E-state index contributed by atoms with van der Waals surface area (Å²) >= 11 is 6.01. The van der Waals surface area contributed by atoms with Crippen LogP contribution in [0.15, 0.2) is 53.1 Å². The maximum Gasteiger partial charge on any atom is 0.253 e. The van der Waals surface area contributed by atoms with Crippen molar-refractivity contribution in [3.63, 3.8) is 0 Å². The van der Waals surface area contributed by atoms with Crippen LogP contribution >= 0.6 is 11.6 Å². The second-order valence-corrected chi connectivity index (χ2v) is 7.39. The van der Waals surface area contributed by atoms with Crippen LogP contribution in [0.1, 0.15) is 22.7 Å². The maximum absolute atomic E-state index is 13.4. The molecule has 0 aliphatic carbocycles. The van der Waals surface area contributed by atoms with Crippen LogP contribution in [0.4, 0.5) is 4.39 Å². The third-order valence-electron chi connectivity index (χ3n) is 4.86. The summed E-state index contributed by atoms with van der Waals surface area (Å²) in [4.78, 5) is 21.1. The molecule has 0 radical (unpaired) electrons. The van der Waals surface area contributed by atoms with Gasteiger partial charge in [-0.05, 0) is 36.8 Å². The zero-order valence-corrected chi connectivity index (χ0v) is 16.5. The summed E-state index contributed by atoms with van der Waals surface area (Å²) in [5, 5.41) is 4.50. The molecule has 2 aromatic carbocycles. The molecule has 0 atom stereocenters. The zero-order chi connectivity index (χ0) is 20.2. The number of hydrogen-bond donors (Lipinski definition) is 0. The van der Waals surface area contributed by atoms with E-state index in [2.05, 4.69) is 15.0 Å². The Labute approximate surface area is 172 Å². The van der Waals surface area contributed by atoms with Crippen LogP contribution in [0.25, 0.3) is 11.4 Å². The van der Waals surface area contributed by atoms with Gasteiger partial charge >= 0.3 is 0 Å². The largest absolute Gasteiger partial charge is 0.338 e. The van der Waals surface area contributed by atoms with Crippen LogP contribution in [0.2, 0.25) is 5.02 Å². The lowest BCUT2D eigenvalue weighted by Gasteiger charge is -2.21. The Morgan fingerprint density at radius 1 is 1.10 bits per heavy atom. The molecule has 4 rings (SSSR count). The normalized spacial score (nSPS) is 15.3. The summed E-state index contributed by atoms with van der Waals surface area (Å²) in [6.45, 7) is 3.29. The van der Waals surface area contributed by atoms with Crippen LogP contribution in [-0.4, -0.2) is 52.0 Å². The molecule has 1 fully saturated rings. The number of aromatic nitrogens is 2. The molecule has 8 heteroatoms. The molecule has 0 saturated carbocycles. The first-order valence-electron chi connectivity index (χ1n) is 9.44. The fourth-order valence-electron chi connectivity index (χ4n) is 3.39. The highest BCUT2D eigenvalue weighted by Crippen LogP contribution is 2.18. The predicted molar refractivity (Wildman–Crippen MR) is 107 cm³/mol. The Bertz CT molecular complexity index is 1010. The van der Waals surface area contributed by atoms with Crippen molar-refractivity contribution in [2.75, 3.05) is 26.2 Å². The van der Waals surface area contributed by atoms with E-state index < -0.39 is 0 Å². The van der Waals surface area contributed by atoms with Gasteiger partial charge in [-0.15, -0.1) is 0 Å². The second kappa shape index (κ2) is 8.71. The molecule has 3 aromatic rings. The van der Waals surface area contributed by atoms with Crippen molar-refractivity contribution < 1.29 is 13.7 Å². The lowest BCUT2D eigenvalue weighted by Crippen LogP contribution is -2.35. The van der Waals surface area contributed by atoms with Gasteiger partial charge in [-0.1, -0.05) is 35.0 Å². The molecule has 0 spiro atoms. The number of nitrogens with zero attached hydrogens (tertiary/aromatic N) is 4. The standard InChI is InChI=1S/C21H20ClFN4O2/c22-17-6-1-5-16(12-17)21(28)27-9-3-8-26(10-11-27)14-19-24-20(25-29-19)15-4-2-7-18(23)13-15/h1-2,4-7,12-13H,3,8-11,14H2. The van der Waals surface area contributed by atoms with E-state index in [9.17, 15) is 9.18 Å². The van der Waals surface area contributed by atoms with Crippen LogP contribution in [0.5, 0.6) is 0 Å². The topological polar surface area (TPSA) is 62.5 Å². The Kier molecular flexibility index (Phi) is 5.87. The Morgan fingerprint density at radius 3 is 2.79 bits per heavy atom. The molecule has 6 nitrogen and oxygen atoms in total. The van der Waals surface area contributed by atoms with Gasteiger partial charge in [0.05, 0.1) is 6.54 Å². The van der Waals surface area contributed by atoms with Crippen LogP contribution < -0.4 is 0 Å². The lowest BCUT2D eigenvalue weighted by molar-refractivity contribution is 0.0760. The monoisotopic (exact) mass is 414 g/mol. The molecule has 2 heterocycles. The summed E-state index contributed by atoms with van der Waals surface area (Å²) in [5.74, 6) is 0.484. The van der Waals surface area contributed by atoms with Crippen LogP contribution in [-0.2, 0) is 6.54 Å². The van der Waals surface area contributed by atoms with Crippen molar-refractivity contribution in [2.24, 2.45) is 0 Å². The number of carbonyl (C=O) groups is 1. The van der Waals surface area contributed by atoms with E-state index in [0.717, 1.165) is 13.0 Å². The predicted octanol–water partition coefficient (Wildman–Crippen LogP) is 3.88. The summed E-state index contributed by atoms with van der Waals surface area (Å²) in [6.07, 6.45) is 0.844. The molecule has 1 amide bonds. The highest BCUT2D eigenvalue weighted by molar-refractivity contribution is 6.30. The summed E-state index contributed by atoms with van der Waals surface area (Å²) < 4.78 is 18.7. The second-order valence-electron chi connectivity index (χ2n) is 6.95. The van der Waals surface area contributed by atoms with Crippen molar-refractivity contribution in [1.82, 2.24) is 19.9 Å². The fraction of sp³-hybridized carbons (Fsp3) is 0.286. The first kappa shape index (κ1) is 19.5. The van der Waals surface area contributed by atoms with Crippen molar-refractivity contribution in [3.8, 4) is 11.4 Å². The third-order valence-corrected chi connectivity index (χ3v) is 5.09. The highest BCUT2D eigenvalue weighted by atomic mass is 35.5. The van der Waals surface area contributed by atoms with Crippen molar-refractivity contribution >= 4 is 17.5 Å².